The van der Waals surface area contributed by atoms with Crippen molar-refractivity contribution < 1.29 is 27.8 Å². The third-order valence-corrected chi connectivity index (χ3v) is 4.39. The van der Waals surface area contributed by atoms with E-state index in [1.807, 2.05) is 6.07 Å². The van der Waals surface area contributed by atoms with Gasteiger partial charge in [0.15, 0.2) is 16.6 Å². The number of methoxy groups -OCH3 is 2. The van der Waals surface area contributed by atoms with Crippen molar-refractivity contribution in [3.63, 3.8) is 0 Å². The molecule has 0 saturated heterocycles. The maximum Gasteiger partial charge on any atom is 0.387 e. The van der Waals surface area contributed by atoms with Crippen LogP contribution in [0, 0.1) is 0 Å². The number of benzene rings is 2. The number of carbonyl (C=O) groups excluding carboxylic acids is 1. The SMILES string of the molecule is COc1ccc2nc(NC(=O)c3ccc(OC(F)F)c(OC)c3)sc2c1. The summed E-state index contributed by atoms with van der Waals surface area (Å²) in [4.78, 5) is 16.7. The molecule has 6 nitrogen and oxygen atoms in total. The zero-order valence-corrected chi connectivity index (χ0v) is 14.6. The van der Waals surface area contributed by atoms with Crippen LogP contribution in [-0.2, 0) is 0 Å². The number of rotatable bonds is 6. The molecule has 1 amide bonds. The van der Waals surface area contributed by atoms with Crippen LogP contribution in [0.5, 0.6) is 17.2 Å². The van der Waals surface area contributed by atoms with Crippen LogP contribution in [0.25, 0.3) is 10.2 Å². The van der Waals surface area contributed by atoms with Gasteiger partial charge in [0.25, 0.3) is 5.91 Å². The lowest BCUT2D eigenvalue weighted by molar-refractivity contribution is -0.0512. The highest BCUT2D eigenvalue weighted by Crippen LogP contribution is 2.31. The Morgan fingerprint density at radius 1 is 1.12 bits per heavy atom. The predicted octanol–water partition coefficient (Wildman–Crippen LogP) is 4.17. The fraction of sp³-hybridized carbons (Fsp3) is 0.176. The Morgan fingerprint density at radius 3 is 2.62 bits per heavy atom. The summed E-state index contributed by atoms with van der Waals surface area (Å²) in [7, 11) is 2.87. The van der Waals surface area contributed by atoms with E-state index in [9.17, 15) is 13.6 Å². The van der Waals surface area contributed by atoms with Crippen molar-refractivity contribution in [1.82, 2.24) is 4.98 Å². The van der Waals surface area contributed by atoms with Crippen LogP contribution in [0.1, 0.15) is 10.4 Å². The first kappa shape index (κ1) is 17.9. The molecule has 0 bridgehead atoms. The van der Waals surface area contributed by atoms with Crippen LogP contribution in [0.4, 0.5) is 13.9 Å². The molecule has 0 spiro atoms. The predicted molar refractivity (Wildman–Crippen MR) is 93.8 cm³/mol. The maximum absolute atomic E-state index is 12.4. The molecule has 26 heavy (non-hydrogen) atoms. The van der Waals surface area contributed by atoms with Crippen molar-refractivity contribution in [2.45, 2.75) is 6.61 Å². The van der Waals surface area contributed by atoms with Gasteiger partial charge in [-0.3, -0.25) is 10.1 Å². The van der Waals surface area contributed by atoms with E-state index in [1.165, 1.54) is 36.6 Å². The summed E-state index contributed by atoms with van der Waals surface area (Å²) < 4.78 is 40.1. The smallest absolute Gasteiger partial charge is 0.387 e. The number of hydrogen-bond donors (Lipinski definition) is 1. The van der Waals surface area contributed by atoms with E-state index >= 15 is 0 Å². The number of ether oxygens (including phenoxy) is 3. The number of aromatic nitrogens is 1. The lowest BCUT2D eigenvalue weighted by Crippen LogP contribution is -2.12. The Bertz CT molecular complexity index is 946. The van der Waals surface area contributed by atoms with Gasteiger partial charge in [-0.05, 0) is 36.4 Å². The molecular formula is C17H14F2N2O4S. The molecule has 0 atom stereocenters. The van der Waals surface area contributed by atoms with Gasteiger partial charge in [-0.2, -0.15) is 8.78 Å². The van der Waals surface area contributed by atoms with Crippen molar-refractivity contribution in [1.29, 1.82) is 0 Å². The normalized spacial score (nSPS) is 10.8. The molecule has 0 aliphatic rings. The summed E-state index contributed by atoms with van der Waals surface area (Å²) in [5.74, 6) is 0.134. The zero-order valence-electron chi connectivity index (χ0n) is 13.8. The third kappa shape index (κ3) is 3.83. The molecule has 1 heterocycles. The lowest BCUT2D eigenvalue weighted by Gasteiger charge is -2.11. The molecule has 136 valence electrons. The van der Waals surface area contributed by atoms with Crippen LogP contribution in [0.3, 0.4) is 0 Å². The van der Waals surface area contributed by atoms with Crippen molar-refractivity contribution in [3.8, 4) is 17.2 Å². The number of carbonyl (C=O) groups is 1. The molecule has 1 N–H and O–H groups in total. The first-order valence-electron chi connectivity index (χ1n) is 7.39. The minimum atomic E-state index is -2.98. The number of nitrogens with one attached hydrogen (secondary N) is 1. The van der Waals surface area contributed by atoms with Crippen molar-refractivity contribution in [3.05, 3.63) is 42.0 Å². The third-order valence-electron chi connectivity index (χ3n) is 3.46. The minimum Gasteiger partial charge on any atom is -0.497 e. The van der Waals surface area contributed by atoms with E-state index in [-0.39, 0.29) is 17.1 Å². The van der Waals surface area contributed by atoms with Gasteiger partial charge in [0.05, 0.1) is 24.4 Å². The van der Waals surface area contributed by atoms with Crippen LogP contribution >= 0.6 is 11.3 Å². The second kappa shape index (κ2) is 7.52. The number of hydrogen-bond acceptors (Lipinski definition) is 6. The van der Waals surface area contributed by atoms with Gasteiger partial charge < -0.3 is 14.2 Å². The first-order chi connectivity index (χ1) is 12.5. The van der Waals surface area contributed by atoms with E-state index in [4.69, 9.17) is 9.47 Å². The second-order valence-corrected chi connectivity index (χ2v) is 6.08. The van der Waals surface area contributed by atoms with Gasteiger partial charge in [0.2, 0.25) is 0 Å². The Balaban J connectivity index is 1.81. The number of thiazole rings is 1. The van der Waals surface area contributed by atoms with Crippen molar-refractivity contribution in [2.75, 3.05) is 19.5 Å². The van der Waals surface area contributed by atoms with Gasteiger partial charge >= 0.3 is 6.61 Å². The number of anilines is 1. The molecule has 0 aliphatic carbocycles. The molecule has 0 aliphatic heterocycles. The number of fused-ring (bicyclic) bond motifs is 1. The summed E-state index contributed by atoms with van der Waals surface area (Å²) in [5.41, 5.74) is 0.949. The molecular weight excluding hydrogens is 366 g/mol. The van der Waals surface area contributed by atoms with Gasteiger partial charge in [0.1, 0.15) is 5.75 Å². The average molecular weight is 380 g/mol. The standard InChI is InChI=1S/C17H14F2N2O4S/c1-23-10-4-5-11-14(8-10)26-17(20-11)21-15(22)9-3-6-12(25-16(18)19)13(7-9)24-2/h3-8,16H,1-2H3,(H,20,21,22). The number of nitrogens with zero attached hydrogens (tertiary/aromatic N) is 1. The number of amides is 1. The minimum absolute atomic E-state index is 0.0342. The Labute approximate surface area is 151 Å². The molecule has 0 unspecified atom stereocenters. The van der Waals surface area contributed by atoms with Gasteiger partial charge in [-0.1, -0.05) is 11.3 Å². The van der Waals surface area contributed by atoms with E-state index in [1.54, 1.807) is 19.2 Å². The summed E-state index contributed by atoms with van der Waals surface area (Å²) in [6.07, 6.45) is 0. The maximum atomic E-state index is 12.4. The monoisotopic (exact) mass is 380 g/mol. The second-order valence-electron chi connectivity index (χ2n) is 5.05. The lowest BCUT2D eigenvalue weighted by atomic mass is 10.2. The highest BCUT2D eigenvalue weighted by atomic mass is 32.1. The molecule has 0 fully saturated rings. The van der Waals surface area contributed by atoms with Crippen LogP contribution < -0.4 is 19.5 Å². The van der Waals surface area contributed by atoms with E-state index < -0.39 is 12.5 Å². The Hall–Kier alpha value is -2.94. The summed E-state index contributed by atoms with van der Waals surface area (Å²) in [5, 5.41) is 3.09. The molecule has 1 aromatic heterocycles. The highest BCUT2D eigenvalue weighted by molar-refractivity contribution is 7.22. The van der Waals surface area contributed by atoms with Crippen LogP contribution in [0.15, 0.2) is 36.4 Å². The summed E-state index contributed by atoms with van der Waals surface area (Å²) in [6, 6.07) is 9.33. The Morgan fingerprint density at radius 2 is 1.92 bits per heavy atom. The number of halogens is 2. The van der Waals surface area contributed by atoms with Crippen molar-refractivity contribution >= 4 is 32.6 Å². The quantitative estimate of drug-likeness (QED) is 0.695. The molecule has 9 heteroatoms. The first-order valence-corrected chi connectivity index (χ1v) is 8.20. The van der Waals surface area contributed by atoms with Crippen LogP contribution in [-0.4, -0.2) is 31.7 Å². The zero-order chi connectivity index (χ0) is 18.7. The molecule has 0 radical (unpaired) electrons. The van der Waals surface area contributed by atoms with E-state index in [2.05, 4.69) is 15.0 Å². The topological polar surface area (TPSA) is 69.7 Å². The fourth-order valence-electron chi connectivity index (χ4n) is 2.26. The highest BCUT2D eigenvalue weighted by Gasteiger charge is 2.15. The number of alkyl halides is 2. The fourth-order valence-corrected chi connectivity index (χ4v) is 3.15. The Kier molecular flexibility index (Phi) is 5.17. The van der Waals surface area contributed by atoms with Gasteiger partial charge in [-0.25, -0.2) is 4.98 Å². The summed E-state index contributed by atoms with van der Waals surface area (Å²) >= 11 is 1.29. The van der Waals surface area contributed by atoms with Crippen molar-refractivity contribution in [2.24, 2.45) is 0 Å². The average Bonchev–Trinajstić information content (AvgIpc) is 3.02. The van der Waals surface area contributed by atoms with Gasteiger partial charge in [0, 0.05) is 5.56 Å². The molecule has 3 rings (SSSR count). The molecule has 3 aromatic rings. The van der Waals surface area contributed by atoms with E-state index in [0.29, 0.717) is 10.9 Å². The largest absolute Gasteiger partial charge is 0.497 e. The molecule has 0 saturated carbocycles. The van der Waals surface area contributed by atoms with Gasteiger partial charge in [-0.15, -0.1) is 0 Å². The van der Waals surface area contributed by atoms with E-state index in [0.717, 1.165) is 10.2 Å². The van der Waals surface area contributed by atoms with Crippen LogP contribution in [0.2, 0.25) is 0 Å². The summed E-state index contributed by atoms with van der Waals surface area (Å²) in [6.45, 7) is -2.98. The molecule has 2 aromatic carbocycles.